The smallest absolute Gasteiger partial charge is 0.200 e. The summed E-state index contributed by atoms with van der Waals surface area (Å²) in [6.45, 7) is 1.63. The highest BCUT2D eigenvalue weighted by Crippen LogP contribution is 2.68. The molecule has 1 saturated heterocycles. The maximum absolute atomic E-state index is 12.8. The number of carbonyl (C=O) groups excluding carboxylic acids is 1. The zero-order valence-corrected chi connectivity index (χ0v) is 16.9. The number of rotatable bonds is 2. The number of likely N-dealkylation sites (tertiary alicyclic amines) is 1. The lowest BCUT2D eigenvalue weighted by Crippen LogP contribution is -2.81. The Bertz CT molecular complexity index is 928. The van der Waals surface area contributed by atoms with Gasteiger partial charge < -0.3 is 37.1 Å². The highest BCUT2D eigenvalue weighted by atomic mass is 16.5. The third-order valence-corrected chi connectivity index (χ3v) is 8.38. The average Bonchev–Trinajstić information content (AvgIpc) is 3.36. The molecule has 5 aliphatic rings. The van der Waals surface area contributed by atoms with Crippen LogP contribution in [0.4, 0.5) is 0 Å². The third-order valence-electron chi connectivity index (χ3n) is 8.38. The minimum Gasteiger partial charge on any atom is -0.504 e. The molecule has 0 aromatic heterocycles. The number of likely N-dealkylation sites (N-methyl/N-ethyl adjacent to an activating group) is 1. The molecule has 2 heterocycles. The molecule has 7 nitrogen and oxygen atoms in total. The quantitative estimate of drug-likeness (QED) is 0.337. The van der Waals surface area contributed by atoms with E-state index < -0.39 is 35.0 Å². The molecule has 3 aliphatic carbocycles. The van der Waals surface area contributed by atoms with Crippen LogP contribution in [0.3, 0.4) is 0 Å². The summed E-state index contributed by atoms with van der Waals surface area (Å²) in [4.78, 5) is 12.8. The summed E-state index contributed by atoms with van der Waals surface area (Å²) >= 11 is 0. The fraction of sp³-hybridized carbons (Fsp3) is 0.636. The number of ketones is 1. The Labute approximate surface area is 170 Å². The number of piperidine rings is 1. The SMILES string of the molecule is C[N@+]1(CC2CC2)CC[C@]23c4c5cc(O)c(O)c4O[C@H]2C(=O)CC[C@@]3(O)[C@H]1C5O.[CH3-]. The van der Waals surface area contributed by atoms with Gasteiger partial charge in [-0.2, -0.15) is 0 Å². The van der Waals surface area contributed by atoms with E-state index in [1.54, 1.807) is 0 Å². The van der Waals surface area contributed by atoms with Gasteiger partial charge in [0.2, 0.25) is 5.75 Å². The fourth-order valence-electron chi connectivity index (χ4n) is 7.10. The molecule has 1 aromatic carbocycles. The van der Waals surface area contributed by atoms with Gasteiger partial charge in [0.15, 0.2) is 23.4 Å². The second-order valence-electron chi connectivity index (χ2n) is 9.87. The zero-order valence-electron chi connectivity index (χ0n) is 16.9. The molecule has 4 N–H and O–H groups in total. The Morgan fingerprint density at radius 1 is 1.28 bits per heavy atom. The third kappa shape index (κ3) is 1.97. The number of aliphatic hydroxyl groups is 2. The van der Waals surface area contributed by atoms with Crippen LogP contribution in [0, 0.1) is 13.3 Å². The summed E-state index contributed by atoms with van der Waals surface area (Å²) in [7, 11) is 2.10. The molecule has 0 radical (unpaired) electrons. The van der Waals surface area contributed by atoms with Gasteiger partial charge in [-0.05, 0) is 30.9 Å². The number of ether oxygens (including phenoxy) is 1. The Kier molecular flexibility index (Phi) is 3.60. The number of hydrogen-bond acceptors (Lipinski definition) is 6. The van der Waals surface area contributed by atoms with Crippen molar-refractivity contribution in [2.75, 3.05) is 20.1 Å². The van der Waals surface area contributed by atoms with E-state index in [0.717, 1.165) is 13.1 Å². The highest BCUT2D eigenvalue weighted by molar-refractivity contribution is 5.90. The van der Waals surface area contributed by atoms with Crippen molar-refractivity contribution in [2.45, 2.75) is 61.4 Å². The first-order valence-corrected chi connectivity index (χ1v) is 10.3. The number of hydrogen-bond donors (Lipinski definition) is 4. The molecular weight excluding hydrogens is 374 g/mol. The van der Waals surface area contributed by atoms with Gasteiger partial charge in [0.05, 0.1) is 25.6 Å². The van der Waals surface area contributed by atoms with Crippen LogP contribution in [0.15, 0.2) is 6.07 Å². The van der Waals surface area contributed by atoms with E-state index in [4.69, 9.17) is 4.74 Å². The molecule has 0 amide bonds. The molecule has 6 rings (SSSR count). The van der Waals surface area contributed by atoms with Gasteiger partial charge in [0, 0.05) is 24.3 Å². The molecule has 29 heavy (non-hydrogen) atoms. The van der Waals surface area contributed by atoms with Crippen LogP contribution >= 0.6 is 0 Å². The Hall–Kier alpha value is -1.83. The molecule has 6 atom stereocenters. The Balaban J connectivity index is 0.00000181. The molecule has 158 valence electrons. The molecule has 3 fully saturated rings. The lowest BCUT2D eigenvalue weighted by Gasteiger charge is -2.65. The van der Waals surface area contributed by atoms with Gasteiger partial charge in [-0.1, -0.05) is 0 Å². The topological polar surface area (TPSA) is 107 Å². The fourth-order valence-corrected chi connectivity index (χ4v) is 7.10. The van der Waals surface area contributed by atoms with Crippen LogP contribution < -0.4 is 4.74 Å². The van der Waals surface area contributed by atoms with Crippen molar-refractivity contribution in [3.63, 3.8) is 0 Å². The monoisotopic (exact) mass is 403 g/mol. The minimum atomic E-state index is -1.30. The highest BCUT2D eigenvalue weighted by Gasteiger charge is 2.78. The van der Waals surface area contributed by atoms with Crippen molar-refractivity contribution in [3.8, 4) is 17.2 Å². The second-order valence-corrected chi connectivity index (χ2v) is 9.87. The summed E-state index contributed by atoms with van der Waals surface area (Å²) in [6, 6.07) is 0.897. The van der Waals surface area contributed by atoms with E-state index in [1.807, 2.05) is 0 Å². The maximum atomic E-state index is 12.8. The second kappa shape index (κ2) is 5.45. The van der Waals surface area contributed by atoms with Crippen molar-refractivity contribution >= 4 is 5.78 Å². The van der Waals surface area contributed by atoms with Gasteiger partial charge in [0.25, 0.3) is 0 Å². The van der Waals surface area contributed by atoms with E-state index in [2.05, 4.69) is 7.05 Å². The molecule has 2 saturated carbocycles. The number of carbonyl (C=O) groups is 1. The maximum Gasteiger partial charge on any atom is 0.200 e. The first-order valence-electron chi connectivity index (χ1n) is 10.3. The number of benzene rings is 1. The van der Waals surface area contributed by atoms with E-state index in [9.17, 15) is 25.2 Å². The molecular formula is C22H29NO6. The number of phenols is 2. The summed E-state index contributed by atoms with van der Waals surface area (Å²) in [6.07, 6.45) is 1.50. The number of Topliss-reactive ketones (excluding diaryl/α,β-unsaturated/α-hetero) is 1. The van der Waals surface area contributed by atoms with Crippen molar-refractivity contribution in [2.24, 2.45) is 5.92 Å². The Morgan fingerprint density at radius 3 is 2.69 bits per heavy atom. The van der Waals surface area contributed by atoms with E-state index in [0.29, 0.717) is 27.9 Å². The minimum absolute atomic E-state index is 0. The lowest BCUT2D eigenvalue weighted by atomic mass is 9.48. The van der Waals surface area contributed by atoms with E-state index in [-0.39, 0.29) is 37.6 Å². The normalized spacial score (nSPS) is 44.0. The summed E-state index contributed by atoms with van der Waals surface area (Å²) in [5.41, 5.74) is -1.25. The molecule has 1 unspecified atom stereocenters. The number of aliphatic hydroxyl groups excluding tert-OH is 1. The predicted molar refractivity (Wildman–Crippen MR) is 103 cm³/mol. The number of aromatic hydroxyl groups is 2. The van der Waals surface area contributed by atoms with Crippen molar-refractivity contribution in [3.05, 3.63) is 24.6 Å². The molecule has 7 heteroatoms. The standard InChI is InChI=1S/C21H25NO6.CH3/c1-22(9-10-2-3-10)7-6-20-14-11-8-13(24)16(26)17(14)28-19(20)12(23)4-5-21(20,27)18(22)15(11)25;/h8,10,15,18-19,25,27H,2-7,9H2,1H3,(H-,24,26);1H3/q;-1/p+1/t15?,18-,19+,20+,21-,22-;/m1./s1. The predicted octanol–water partition coefficient (Wildman–Crippen LogP) is 1.32. The van der Waals surface area contributed by atoms with Crippen molar-refractivity contribution in [1.29, 1.82) is 0 Å². The average molecular weight is 403 g/mol. The van der Waals surface area contributed by atoms with Crippen LogP contribution in [0.2, 0.25) is 0 Å². The summed E-state index contributed by atoms with van der Waals surface area (Å²) < 4.78 is 6.50. The first-order chi connectivity index (χ1) is 13.2. The van der Waals surface area contributed by atoms with Gasteiger partial charge in [0.1, 0.15) is 17.7 Å². The summed E-state index contributed by atoms with van der Waals surface area (Å²) in [5.74, 6) is -0.191. The van der Waals surface area contributed by atoms with E-state index in [1.165, 1.54) is 18.9 Å². The van der Waals surface area contributed by atoms with E-state index >= 15 is 0 Å². The van der Waals surface area contributed by atoms with Gasteiger partial charge >= 0.3 is 0 Å². The van der Waals surface area contributed by atoms with Gasteiger partial charge in [-0.25, -0.2) is 0 Å². The molecule has 2 bridgehead atoms. The van der Waals surface area contributed by atoms with Crippen LogP contribution in [-0.2, 0) is 10.2 Å². The van der Waals surface area contributed by atoms with Crippen molar-refractivity contribution in [1.82, 2.24) is 0 Å². The van der Waals surface area contributed by atoms with Gasteiger partial charge in [-0.15, -0.1) is 0 Å². The number of phenolic OH excluding ortho intramolecular Hbond substituents is 2. The van der Waals surface area contributed by atoms with Crippen molar-refractivity contribution < 1.29 is 34.4 Å². The first kappa shape index (κ1) is 19.2. The lowest BCUT2D eigenvalue weighted by molar-refractivity contribution is -0.955. The van der Waals surface area contributed by atoms with Crippen LogP contribution in [0.25, 0.3) is 0 Å². The van der Waals surface area contributed by atoms with Crippen LogP contribution in [0.1, 0.15) is 49.3 Å². The number of quaternary nitrogens is 1. The van der Waals surface area contributed by atoms with Crippen LogP contribution in [0.5, 0.6) is 17.2 Å². The molecule has 1 spiro atoms. The van der Waals surface area contributed by atoms with Crippen LogP contribution in [-0.4, -0.2) is 68.6 Å². The summed E-state index contributed by atoms with van der Waals surface area (Å²) in [5, 5.41) is 44.3. The number of nitrogens with zero attached hydrogens (tertiary/aromatic N) is 1. The van der Waals surface area contributed by atoms with Gasteiger partial charge in [-0.3, -0.25) is 4.79 Å². The largest absolute Gasteiger partial charge is 0.504 e. The zero-order chi connectivity index (χ0) is 19.6. The molecule has 1 aromatic rings. The molecule has 2 aliphatic heterocycles. The Morgan fingerprint density at radius 2 is 2.00 bits per heavy atom.